The Labute approximate surface area is 191 Å². The fraction of sp³-hybridized carbons (Fsp3) is 0.400. The summed E-state index contributed by atoms with van der Waals surface area (Å²) in [6.45, 7) is 3.22. The number of halogens is 1. The van der Waals surface area contributed by atoms with Gasteiger partial charge in [0.1, 0.15) is 24.3 Å². The molecule has 0 saturated carbocycles. The molecule has 3 aliphatic rings. The van der Waals surface area contributed by atoms with Crippen LogP contribution in [0, 0.1) is 5.82 Å². The van der Waals surface area contributed by atoms with Gasteiger partial charge in [0.15, 0.2) is 0 Å². The molecular formula is C25H27FN2O5. The van der Waals surface area contributed by atoms with Crippen LogP contribution < -0.4 is 5.32 Å². The molecule has 3 aliphatic heterocycles. The monoisotopic (exact) mass is 454 g/mol. The normalized spacial score (nSPS) is 28.9. The summed E-state index contributed by atoms with van der Waals surface area (Å²) in [6, 6.07) is 10.00. The number of amides is 1. The molecule has 0 bridgehead atoms. The van der Waals surface area contributed by atoms with Crippen molar-refractivity contribution in [3.63, 3.8) is 0 Å². The number of likely N-dealkylation sites (tertiary alicyclic amines) is 1. The number of nitrogens with one attached hydrogen (secondary N) is 1. The van der Waals surface area contributed by atoms with E-state index in [0.29, 0.717) is 42.3 Å². The largest absolute Gasteiger partial charge is 0.487 e. The summed E-state index contributed by atoms with van der Waals surface area (Å²) in [4.78, 5) is 14.6. The summed E-state index contributed by atoms with van der Waals surface area (Å²) in [6.07, 6.45) is -1.41. The molecule has 1 fully saturated rings. The van der Waals surface area contributed by atoms with Gasteiger partial charge in [-0.15, -0.1) is 0 Å². The number of hydrogen-bond donors (Lipinski definition) is 4. The van der Waals surface area contributed by atoms with Gasteiger partial charge in [-0.25, -0.2) is 4.39 Å². The number of fused-ring (bicyclic) bond motifs is 2. The second-order valence-electron chi connectivity index (χ2n) is 9.02. The van der Waals surface area contributed by atoms with Crippen LogP contribution >= 0.6 is 0 Å². The van der Waals surface area contributed by atoms with E-state index in [1.54, 1.807) is 6.07 Å². The quantitative estimate of drug-likeness (QED) is 0.527. The standard InChI is InChI=1S/C25H27FN2O5/c1-13-22(30)23(31)20(29)11-28(13)8-2-3-14-4-6-17-15(9-14)12-33-24(17)21-18-10-16(26)5-7-19(18)27-25(21)32/h4-7,9-10,13,20,22-23,29-31H,2-3,8,11-12H2,1H3,(H,27,32)/b24-21+. The second-order valence-corrected chi connectivity index (χ2v) is 9.02. The first-order chi connectivity index (χ1) is 15.8. The van der Waals surface area contributed by atoms with Crippen molar-refractivity contribution in [2.24, 2.45) is 0 Å². The minimum atomic E-state index is -1.11. The lowest BCUT2D eigenvalue weighted by Gasteiger charge is -2.42. The third-order valence-corrected chi connectivity index (χ3v) is 6.89. The lowest BCUT2D eigenvalue weighted by Crippen LogP contribution is -2.60. The van der Waals surface area contributed by atoms with Crippen LogP contribution in [0.15, 0.2) is 36.4 Å². The number of aryl methyl sites for hydroxylation is 1. The van der Waals surface area contributed by atoms with Crippen LogP contribution in [0.5, 0.6) is 0 Å². The average molecular weight is 454 g/mol. The highest BCUT2D eigenvalue weighted by atomic mass is 19.1. The predicted octanol–water partition coefficient (Wildman–Crippen LogP) is 1.90. The number of carbonyl (C=O) groups is 1. The fourth-order valence-corrected chi connectivity index (χ4v) is 4.97. The Morgan fingerprint density at radius 3 is 2.76 bits per heavy atom. The van der Waals surface area contributed by atoms with E-state index >= 15 is 0 Å². The number of nitrogens with zero attached hydrogens (tertiary/aromatic N) is 1. The smallest absolute Gasteiger partial charge is 0.260 e. The molecule has 0 radical (unpaired) electrons. The molecule has 0 spiro atoms. The molecule has 7 nitrogen and oxygen atoms in total. The molecule has 4 N–H and O–H groups in total. The SMILES string of the molecule is CC1C(O)C(O)C(O)CN1CCCc1ccc2c(c1)CO/C2=C1/C(=O)Nc2ccc(F)cc21. The van der Waals surface area contributed by atoms with Crippen LogP contribution in [0.4, 0.5) is 10.1 Å². The number of anilines is 1. The van der Waals surface area contributed by atoms with E-state index in [-0.39, 0.29) is 11.9 Å². The molecule has 0 aliphatic carbocycles. The minimum absolute atomic E-state index is 0.226. The van der Waals surface area contributed by atoms with E-state index in [9.17, 15) is 24.5 Å². The van der Waals surface area contributed by atoms with Crippen molar-refractivity contribution in [3.8, 4) is 0 Å². The zero-order valence-corrected chi connectivity index (χ0v) is 18.3. The Morgan fingerprint density at radius 2 is 1.94 bits per heavy atom. The number of carbonyl (C=O) groups excluding carboxylic acids is 1. The Hall–Kier alpha value is -2.78. The summed E-state index contributed by atoms with van der Waals surface area (Å²) >= 11 is 0. The van der Waals surface area contributed by atoms with Gasteiger partial charge in [0.2, 0.25) is 0 Å². The highest BCUT2D eigenvalue weighted by molar-refractivity contribution is 6.36. The number of benzene rings is 2. The molecule has 1 saturated heterocycles. The number of aliphatic hydroxyl groups is 3. The van der Waals surface area contributed by atoms with Crippen LogP contribution in [-0.4, -0.2) is 63.6 Å². The molecular weight excluding hydrogens is 427 g/mol. The van der Waals surface area contributed by atoms with Crippen molar-refractivity contribution in [1.29, 1.82) is 0 Å². The van der Waals surface area contributed by atoms with Crippen molar-refractivity contribution >= 4 is 22.9 Å². The van der Waals surface area contributed by atoms with E-state index in [4.69, 9.17) is 4.74 Å². The van der Waals surface area contributed by atoms with Crippen LogP contribution in [0.2, 0.25) is 0 Å². The summed E-state index contributed by atoms with van der Waals surface area (Å²) in [5.74, 6) is -0.232. The molecule has 0 aromatic heterocycles. The Bertz CT molecular complexity index is 1130. The number of piperidine rings is 1. The highest BCUT2D eigenvalue weighted by Crippen LogP contribution is 2.42. The van der Waals surface area contributed by atoms with Crippen molar-refractivity contribution in [3.05, 3.63) is 64.5 Å². The Morgan fingerprint density at radius 1 is 1.12 bits per heavy atom. The minimum Gasteiger partial charge on any atom is -0.487 e. The highest BCUT2D eigenvalue weighted by Gasteiger charge is 2.38. The third kappa shape index (κ3) is 3.93. The maximum Gasteiger partial charge on any atom is 0.260 e. The molecule has 1 amide bonds. The van der Waals surface area contributed by atoms with Gasteiger partial charge < -0.3 is 25.4 Å². The first-order valence-electron chi connectivity index (χ1n) is 11.2. The lowest BCUT2D eigenvalue weighted by atomic mass is 9.94. The molecule has 2 aromatic carbocycles. The summed E-state index contributed by atoms with van der Waals surface area (Å²) in [5.41, 5.74) is 4.38. The van der Waals surface area contributed by atoms with Gasteiger partial charge in [-0.2, -0.15) is 0 Å². The van der Waals surface area contributed by atoms with E-state index in [2.05, 4.69) is 11.4 Å². The molecule has 33 heavy (non-hydrogen) atoms. The van der Waals surface area contributed by atoms with Crippen molar-refractivity contribution < 1.29 is 29.2 Å². The van der Waals surface area contributed by atoms with Crippen molar-refractivity contribution in [1.82, 2.24) is 4.90 Å². The van der Waals surface area contributed by atoms with E-state index in [1.165, 1.54) is 12.1 Å². The number of hydrogen-bond acceptors (Lipinski definition) is 6. The van der Waals surface area contributed by atoms with Gasteiger partial charge in [0.05, 0.1) is 17.8 Å². The van der Waals surface area contributed by atoms with E-state index < -0.39 is 24.1 Å². The third-order valence-electron chi connectivity index (χ3n) is 6.89. The molecule has 5 rings (SSSR count). The number of aliphatic hydroxyl groups excluding tert-OH is 3. The molecule has 4 atom stereocenters. The van der Waals surface area contributed by atoms with Crippen molar-refractivity contribution in [2.75, 3.05) is 18.4 Å². The van der Waals surface area contributed by atoms with Crippen LogP contribution in [0.1, 0.15) is 35.6 Å². The van der Waals surface area contributed by atoms with Crippen LogP contribution in [-0.2, 0) is 22.6 Å². The summed E-state index contributed by atoms with van der Waals surface area (Å²) in [7, 11) is 0. The number of ether oxygens (including phenoxy) is 1. The fourth-order valence-electron chi connectivity index (χ4n) is 4.97. The molecule has 4 unspecified atom stereocenters. The Kier molecular flexibility index (Phi) is 5.70. The number of β-amino-alcohol motifs (C(OH)–C–C–N with tert-alkyl or cyclic N) is 1. The van der Waals surface area contributed by atoms with Crippen LogP contribution in [0.25, 0.3) is 11.3 Å². The first-order valence-corrected chi connectivity index (χ1v) is 11.2. The maximum atomic E-state index is 13.8. The Balaban J connectivity index is 1.30. The molecule has 3 heterocycles. The van der Waals surface area contributed by atoms with Gasteiger partial charge in [-0.3, -0.25) is 9.69 Å². The molecule has 8 heteroatoms. The second kappa shape index (κ2) is 8.53. The van der Waals surface area contributed by atoms with Gasteiger partial charge in [-0.1, -0.05) is 18.2 Å². The summed E-state index contributed by atoms with van der Waals surface area (Å²) < 4.78 is 19.7. The topological polar surface area (TPSA) is 102 Å². The summed E-state index contributed by atoms with van der Waals surface area (Å²) in [5, 5.41) is 32.6. The van der Waals surface area contributed by atoms with Gasteiger partial charge in [0.25, 0.3) is 5.91 Å². The first kappa shape index (κ1) is 22.0. The van der Waals surface area contributed by atoms with Crippen LogP contribution in [0.3, 0.4) is 0 Å². The van der Waals surface area contributed by atoms with Gasteiger partial charge in [0, 0.05) is 35.0 Å². The van der Waals surface area contributed by atoms with Crippen molar-refractivity contribution in [2.45, 2.75) is 50.7 Å². The average Bonchev–Trinajstić information content (AvgIpc) is 3.34. The molecule has 2 aromatic rings. The maximum absolute atomic E-state index is 13.8. The van der Waals surface area contributed by atoms with E-state index in [1.807, 2.05) is 24.0 Å². The zero-order chi connectivity index (χ0) is 23.3. The zero-order valence-electron chi connectivity index (χ0n) is 18.3. The number of rotatable bonds is 4. The van der Waals surface area contributed by atoms with Gasteiger partial charge >= 0.3 is 0 Å². The van der Waals surface area contributed by atoms with E-state index in [0.717, 1.165) is 29.5 Å². The predicted molar refractivity (Wildman–Crippen MR) is 120 cm³/mol. The van der Waals surface area contributed by atoms with Gasteiger partial charge in [-0.05, 0) is 50.1 Å². The molecule has 174 valence electrons. The lowest BCUT2D eigenvalue weighted by molar-refractivity contribution is -0.133.